The predicted molar refractivity (Wildman–Crippen MR) is 91.4 cm³/mol. The van der Waals surface area contributed by atoms with Crippen LogP contribution >= 0.6 is 0 Å². The van der Waals surface area contributed by atoms with E-state index >= 15 is 0 Å². The molecule has 0 fully saturated rings. The van der Waals surface area contributed by atoms with Crippen molar-refractivity contribution >= 4 is 16.6 Å². The Morgan fingerprint density at radius 1 is 1.04 bits per heavy atom. The topological polar surface area (TPSA) is 46.5 Å². The van der Waals surface area contributed by atoms with Gasteiger partial charge in [0.25, 0.3) is 0 Å². The summed E-state index contributed by atoms with van der Waals surface area (Å²) < 4.78 is 43.7. The molecule has 0 aliphatic rings. The van der Waals surface area contributed by atoms with Crippen LogP contribution < -0.4 is 4.74 Å². The summed E-state index contributed by atoms with van der Waals surface area (Å²) >= 11 is 0. The number of phenolic OH excluding ortho intramolecular Hbond substituents is 1. The lowest BCUT2D eigenvalue weighted by Gasteiger charge is -2.15. The molecule has 0 amide bonds. The molecule has 0 saturated carbocycles. The number of rotatable bonds is 4. The molecule has 0 spiro atoms. The van der Waals surface area contributed by atoms with Crippen molar-refractivity contribution in [3.05, 3.63) is 71.3 Å². The van der Waals surface area contributed by atoms with Gasteiger partial charge in [0.05, 0.1) is 11.1 Å². The zero-order valence-corrected chi connectivity index (χ0v) is 13.8. The van der Waals surface area contributed by atoms with Crippen LogP contribution in [0.3, 0.4) is 0 Å². The smallest absolute Gasteiger partial charge is 0.416 e. The van der Waals surface area contributed by atoms with E-state index < -0.39 is 11.7 Å². The molecule has 3 aromatic rings. The number of carbonyl (C=O) groups excluding carboxylic acids is 1. The van der Waals surface area contributed by atoms with Crippen LogP contribution in [0.2, 0.25) is 0 Å². The Hall–Kier alpha value is -3.02. The van der Waals surface area contributed by atoms with E-state index in [1.807, 2.05) is 0 Å². The molecule has 3 nitrogen and oxygen atoms in total. The summed E-state index contributed by atoms with van der Waals surface area (Å²) in [4.78, 5) is 11.9. The highest BCUT2D eigenvalue weighted by Crippen LogP contribution is 2.37. The van der Waals surface area contributed by atoms with Gasteiger partial charge in [-0.1, -0.05) is 36.4 Å². The number of ketones is 1. The van der Waals surface area contributed by atoms with Crippen molar-refractivity contribution < 1.29 is 27.8 Å². The molecule has 134 valence electrons. The zero-order valence-electron chi connectivity index (χ0n) is 13.8. The minimum atomic E-state index is -4.39. The average molecular weight is 360 g/mol. The standard InChI is InChI=1S/C20H15F3O3/c1-12(24)17-10-18(25)15-4-2-3-5-16(15)19(17)26-11-13-6-8-14(9-7-13)20(21,22)23/h2-10,25H,11H2,1H3. The molecule has 0 aliphatic carbocycles. The third-order valence-corrected chi connectivity index (χ3v) is 4.02. The predicted octanol–water partition coefficient (Wildman–Crippen LogP) is 5.35. The van der Waals surface area contributed by atoms with Crippen molar-refractivity contribution in [3.8, 4) is 11.5 Å². The van der Waals surface area contributed by atoms with Gasteiger partial charge in [-0.3, -0.25) is 4.79 Å². The Morgan fingerprint density at radius 3 is 2.23 bits per heavy atom. The summed E-state index contributed by atoms with van der Waals surface area (Å²) in [6, 6.07) is 12.9. The van der Waals surface area contributed by atoms with Gasteiger partial charge in [-0.25, -0.2) is 0 Å². The van der Waals surface area contributed by atoms with Gasteiger partial charge in [-0.2, -0.15) is 13.2 Å². The third kappa shape index (κ3) is 3.49. The number of carbonyl (C=O) groups is 1. The molecule has 0 radical (unpaired) electrons. The number of fused-ring (bicyclic) bond motifs is 1. The first-order chi connectivity index (χ1) is 12.3. The monoisotopic (exact) mass is 360 g/mol. The summed E-state index contributed by atoms with van der Waals surface area (Å²) in [5, 5.41) is 11.2. The van der Waals surface area contributed by atoms with Crippen LogP contribution in [0.1, 0.15) is 28.4 Å². The maximum Gasteiger partial charge on any atom is 0.416 e. The maximum atomic E-state index is 12.6. The van der Waals surface area contributed by atoms with Crippen molar-refractivity contribution in [2.45, 2.75) is 19.7 Å². The lowest BCUT2D eigenvalue weighted by Crippen LogP contribution is -2.06. The number of Topliss-reactive ketones (excluding diaryl/α,β-unsaturated/α-hetero) is 1. The summed E-state index contributed by atoms with van der Waals surface area (Å²) in [5.74, 6) is -0.0213. The van der Waals surface area contributed by atoms with Crippen LogP contribution in [0, 0.1) is 0 Å². The second-order valence-corrected chi connectivity index (χ2v) is 5.86. The number of hydrogen-bond acceptors (Lipinski definition) is 3. The maximum absolute atomic E-state index is 12.6. The van der Waals surface area contributed by atoms with Crippen LogP contribution in [0.4, 0.5) is 13.2 Å². The minimum Gasteiger partial charge on any atom is -0.507 e. The lowest BCUT2D eigenvalue weighted by molar-refractivity contribution is -0.137. The number of benzene rings is 3. The SMILES string of the molecule is CC(=O)c1cc(O)c2ccccc2c1OCc1ccc(C(F)(F)F)cc1. The molecular weight excluding hydrogens is 345 g/mol. The molecule has 0 unspecified atom stereocenters. The molecule has 0 bridgehead atoms. The minimum absolute atomic E-state index is 0.00676. The van der Waals surface area contributed by atoms with Gasteiger partial charge in [0.15, 0.2) is 5.78 Å². The molecular formula is C20H15F3O3. The third-order valence-electron chi connectivity index (χ3n) is 4.02. The fourth-order valence-corrected chi connectivity index (χ4v) is 2.69. The molecule has 6 heteroatoms. The van der Waals surface area contributed by atoms with E-state index in [1.165, 1.54) is 25.1 Å². The van der Waals surface area contributed by atoms with Crippen LogP contribution in [-0.4, -0.2) is 10.9 Å². The number of phenols is 1. The highest BCUT2D eigenvalue weighted by atomic mass is 19.4. The van der Waals surface area contributed by atoms with Gasteiger partial charge in [-0.15, -0.1) is 0 Å². The van der Waals surface area contributed by atoms with E-state index in [0.717, 1.165) is 12.1 Å². The van der Waals surface area contributed by atoms with E-state index in [4.69, 9.17) is 4.74 Å². The van der Waals surface area contributed by atoms with Crippen molar-refractivity contribution in [3.63, 3.8) is 0 Å². The van der Waals surface area contributed by atoms with Crippen molar-refractivity contribution in [1.29, 1.82) is 0 Å². The second-order valence-electron chi connectivity index (χ2n) is 5.86. The molecule has 0 atom stereocenters. The molecule has 0 aromatic heterocycles. The fraction of sp³-hybridized carbons (Fsp3) is 0.150. The fourth-order valence-electron chi connectivity index (χ4n) is 2.69. The first kappa shape index (κ1) is 17.8. The van der Waals surface area contributed by atoms with E-state index in [9.17, 15) is 23.1 Å². The Labute approximate surface area is 147 Å². The number of hydrogen-bond donors (Lipinski definition) is 1. The van der Waals surface area contributed by atoms with Gasteiger partial charge in [-0.05, 0) is 30.7 Å². The van der Waals surface area contributed by atoms with E-state index in [-0.39, 0.29) is 23.7 Å². The van der Waals surface area contributed by atoms with E-state index in [1.54, 1.807) is 24.3 Å². The second kappa shape index (κ2) is 6.71. The molecule has 26 heavy (non-hydrogen) atoms. The number of aromatic hydroxyl groups is 1. The Balaban J connectivity index is 1.94. The van der Waals surface area contributed by atoms with Crippen LogP contribution in [0.15, 0.2) is 54.6 Å². The lowest BCUT2D eigenvalue weighted by atomic mass is 10.0. The molecule has 0 heterocycles. The molecule has 1 N–H and O–H groups in total. The molecule has 0 saturated heterocycles. The van der Waals surface area contributed by atoms with Gasteiger partial charge in [0.1, 0.15) is 18.1 Å². The van der Waals surface area contributed by atoms with E-state index in [2.05, 4.69) is 0 Å². The molecule has 0 aliphatic heterocycles. The van der Waals surface area contributed by atoms with Crippen LogP contribution in [-0.2, 0) is 12.8 Å². The van der Waals surface area contributed by atoms with Crippen LogP contribution in [0.25, 0.3) is 10.8 Å². The Kier molecular flexibility index (Phi) is 4.59. The van der Waals surface area contributed by atoms with Gasteiger partial charge >= 0.3 is 6.18 Å². The highest BCUT2D eigenvalue weighted by Gasteiger charge is 2.29. The first-order valence-electron chi connectivity index (χ1n) is 7.82. The highest BCUT2D eigenvalue weighted by molar-refractivity contribution is 6.05. The number of alkyl halides is 3. The van der Waals surface area contributed by atoms with Crippen molar-refractivity contribution in [1.82, 2.24) is 0 Å². The normalized spacial score (nSPS) is 11.5. The summed E-state index contributed by atoms with van der Waals surface area (Å²) in [5.41, 5.74) is 0.0125. The first-order valence-corrected chi connectivity index (χ1v) is 7.82. The molecule has 3 rings (SSSR count). The van der Waals surface area contributed by atoms with Gasteiger partial charge < -0.3 is 9.84 Å². The van der Waals surface area contributed by atoms with E-state index in [0.29, 0.717) is 22.1 Å². The van der Waals surface area contributed by atoms with Crippen molar-refractivity contribution in [2.75, 3.05) is 0 Å². The van der Waals surface area contributed by atoms with Gasteiger partial charge in [0, 0.05) is 10.8 Å². The molecule has 3 aromatic carbocycles. The largest absolute Gasteiger partial charge is 0.507 e. The van der Waals surface area contributed by atoms with Crippen molar-refractivity contribution in [2.24, 2.45) is 0 Å². The Morgan fingerprint density at radius 2 is 1.65 bits per heavy atom. The summed E-state index contributed by atoms with van der Waals surface area (Å²) in [7, 11) is 0. The number of halogens is 3. The van der Waals surface area contributed by atoms with Gasteiger partial charge in [0.2, 0.25) is 0 Å². The zero-order chi connectivity index (χ0) is 18.9. The summed E-state index contributed by atoms with van der Waals surface area (Å²) in [6.07, 6.45) is -4.39. The Bertz CT molecular complexity index is 960. The number of ether oxygens (including phenoxy) is 1. The average Bonchev–Trinajstić information content (AvgIpc) is 2.60. The van der Waals surface area contributed by atoms with Crippen LogP contribution in [0.5, 0.6) is 11.5 Å². The quantitative estimate of drug-likeness (QED) is 0.638. The summed E-state index contributed by atoms with van der Waals surface area (Å²) in [6.45, 7) is 1.35.